The first kappa shape index (κ1) is 12.3. The van der Waals surface area contributed by atoms with Crippen molar-refractivity contribution in [1.29, 1.82) is 5.41 Å². The lowest BCUT2D eigenvalue weighted by molar-refractivity contribution is 1.19. The molecule has 1 N–H and O–H groups in total. The van der Waals surface area contributed by atoms with Crippen LogP contribution in [-0.2, 0) is 6.42 Å². The number of isothiocyanates is 1. The highest BCUT2D eigenvalue weighted by Gasteiger charge is 1.92. The van der Waals surface area contributed by atoms with Gasteiger partial charge in [0.25, 0.3) is 0 Å². The Balaban J connectivity index is 0.000000386. The molecule has 0 heterocycles. The Morgan fingerprint density at radius 2 is 1.12 bits per heavy atom. The molecule has 0 aliphatic carbocycles. The summed E-state index contributed by atoms with van der Waals surface area (Å²) < 4.78 is 0. The van der Waals surface area contributed by atoms with E-state index in [1.165, 1.54) is 11.1 Å². The van der Waals surface area contributed by atoms with E-state index in [0.29, 0.717) is 0 Å². The first-order valence-electron chi connectivity index (χ1n) is 4.98. The first-order valence-corrected chi connectivity index (χ1v) is 5.39. The summed E-state index contributed by atoms with van der Waals surface area (Å²) in [7, 11) is 0. The van der Waals surface area contributed by atoms with E-state index in [2.05, 4.69) is 72.9 Å². The molecule has 0 atom stereocenters. The lowest BCUT2D eigenvalue weighted by Crippen LogP contribution is -1.85. The summed E-state index contributed by atoms with van der Waals surface area (Å²) in [5, 5.41) is 7.36. The fourth-order valence-corrected chi connectivity index (χ4v) is 1.43. The lowest BCUT2D eigenvalue weighted by Gasteiger charge is -2.00. The number of rotatable bonds is 2. The third-order valence-corrected chi connectivity index (χ3v) is 2.09. The molecule has 16 heavy (non-hydrogen) atoms. The number of hydrogen-bond donors (Lipinski definition) is 1. The topological polar surface area (TPSA) is 23.9 Å². The summed E-state index contributed by atoms with van der Waals surface area (Å²) in [6.07, 6.45) is 1.03. The molecule has 1 nitrogen and oxygen atoms in total. The molecule has 80 valence electrons. The van der Waals surface area contributed by atoms with Crippen molar-refractivity contribution in [2.24, 2.45) is 0 Å². The molecule has 0 aromatic heterocycles. The predicted octanol–water partition coefficient (Wildman–Crippen LogP) is 3.95. The molecule has 2 aromatic rings. The highest BCUT2D eigenvalue weighted by Crippen LogP contribution is 2.07. The monoisotopic (exact) mass is 227 g/mol. The van der Waals surface area contributed by atoms with Crippen LogP contribution in [0.5, 0.6) is 0 Å². The highest BCUT2D eigenvalue weighted by atomic mass is 32.1. The van der Waals surface area contributed by atoms with Crippen molar-refractivity contribution in [2.45, 2.75) is 6.42 Å². The second-order valence-corrected chi connectivity index (χ2v) is 3.45. The average Bonchev–Trinajstić information content (AvgIpc) is 2.33. The Hall–Kier alpha value is -1.76. The van der Waals surface area contributed by atoms with E-state index in [-0.39, 0.29) is 0 Å². The second kappa shape index (κ2) is 7.52. The zero-order valence-corrected chi connectivity index (χ0v) is 9.71. The van der Waals surface area contributed by atoms with E-state index >= 15 is 0 Å². The van der Waals surface area contributed by atoms with Crippen molar-refractivity contribution in [2.75, 3.05) is 0 Å². The summed E-state index contributed by atoms with van der Waals surface area (Å²) in [6.45, 7) is 0. The molecule has 0 saturated carbocycles. The Labute approximate surface area is 101 Å². The van der Waals surface area contributed by atoms with Gasteiger partial charge in [0.05, 0.1) is 5.16 Å². The molecule has 2 rings (SSSR count). The van der Waals surface area contributed by atoms with Gasteiger partial charge < -0.3 is 0 Å². The number of hydrogen-bond acceptors (Lipinski definition) is 2. The van der Waals surface area contributed by atoms with Crippen LogP contribution in [0.25, 0.3) is 0 Å². The van der Waals surface area contributed by atoms with Crippen molar-refractivity contribution in [3.8, 4) is 0 Å². The van der Waals surface area contributed by atoms with Gasteiger partial charge >= 0.3 is 0 Å². The summed E-state index contributed by atoms with van der Waals surface area (Å²) in [5.41, 5.74) is 2.74. The normalized spacial score (nSPS) is 8.50. The zero-order valence-electron chi connectivity index (χ0n) is 8.89. The molecule has 0 amide bonds. The second-order valence-electron chi connectivity index (χ2n) is 3.25. The van der Waals surface area contributed by atoms with E-state index in [1.54, 1.807) is 5.16 Å². The van der Waals surface area contributed by atoms with Crippen LogP contribution in [0.1, 0.15) is 11.1 Å². The quantitative estimate of drug-likeness (QED) is 0.609. The van der Waals surface area contributed by atoms with Crippen LogP contribution in [0.2, 0.25) is 0 Å². The summed E-state index contributed by atoms with van der Waals surface area (Å²) in [6, 6.07) is 21.1. The molecular formula is C14H13NS. The molecule has 0 radical (unpaired) electrons. The molecule has 0 fully saturated rings. The Morgan fingerprint density at radius 3 is 1.44 bits per heavy atom. The highest BCUT2D eigenvalue weighted by molar-refractivity contribution is 7.78. The fraction of sp³-hybridized carbons (Fsp3) is 0.0714. The van der Waals surface area contributed by atoms with Crippen molar-refractivity contribution in [3.05, 3.63) is 71.8 Å². The van der Waals surface area contributed by atoms with Crippen LogP contribution >= 0.6 is 12.2 Å². The maximum atomic E-state index is 5.77. The smallest absolute Gasteiger partial charge is 0.0554 e. The van der Waals surface area contributed by atoms with Crippen LogP contribution in [0.4, 0.5) is 0 Å². The third kappa shape index (κ3) is 4.65. The molecule has 0 aliphatic rings. The number of nitrogens with one attached hydrogen (secondary N) is 1. The largest absolute Gasteiger partial charge is 0.248 e. The standard InChI is InChI=1S/C13H12.CHNS/c1-3-7-12(8-4-1)11-13-9-5-2-6-10-13;2-1-3/h1-10H,11H2;2H. The van der Waals surface area contributed by atoms with Crippen LogP contribution in [0, 0.1) is 5.41 Å². The van der Waals surface area contributed by atoms with E-state index < -0.39 is 0 Å². The average molecular weight is 227 g/mol. The van der Waals surface area contributed by atoms with Gasteiger partial charge in [0.1, 0.15) is 0 Å². The SMILES string of the molecule is N=C=S.c1ccc(Cc2ccccc2)cc1. The van der Waals surface area contributed by atoms with Crippen LogP contribution < -0.4 is 0 Å². The van der Waals surface area contributed by atoms with Gasteiger partial charge in [-0.15, -0.1) is 0 Å². The maximum Gasteiger partial charge on any atom is 0.0554 e. The zero-order chi connectivity index (χ0) is 11.6. The van der Waals surface area contributed by atoms with Gasteiger partial charge in [-0.3, -0.25) is 0 Å². The van der Waals surface area contributed by atoms with Crippen LogP contribution in [-0.4, -0.2) is 5.16 Å². The van der Waals surface area contributed by atoms with Gasteiger partial charge in [-0.1, -0.05) is 60.7 Å². The van der Waals surface area contributed by atoms with Crippen molar-refractivity contribution in [1.82, 2.24) is 0 Å². The van der Waals surface area contributed by atoms with Gasteiger partial charge in [-0.2, -0.15) is 0 Å². The van der Waals surface area contributed by atoms with Crippen molar-refractivity contribution < 1.29 is 0 Å². The molecular weight excluding hydrogens is 214 g/mol. The maximum absolute atomic E-state index is 5.77. The first-order chi connectivity index (χ1) is 7.86. The van der Waals surface area contributed by atoms with Gasteiger partial charge in [0, 0.05) is 0 Å². The number of benzene rings is 2. The molecule has 2 aromatic carbocycles. The third-order valence-electron chi connectivity index (χ3n) is 2.09. The molecule has 0 spiro atoms. The van der Waals surface area contributed by atoms with E-state index in [9.17, 15) is 0 Å². The molecule has 0 unspecified atom stereocenters. The summed E-state index contributed by atoms with van der Waals surface area (Å²) in [4.78, 5) is 0. The van der Waals surface area contributed by atoms with Gasteiger partial charge in [-0.05, 0) is 29.8 Å². The summed E-state index contributed by atoms with van der Waals surface area (Å²) >= 11 is 3.81. The Kier molecular flexibility index (Phi) is 5.79. The van der Waals surface area contributed by atoms with Crippen LogP contribution in [0.3, 0.4) is 0 Å². The number of thiocarbonyl (C=S) groups is 1. The van der Waals surface area contributed by atoms with Gasteiger partial charge in [-0.25, -0.2) is 5.41 Å². The van der Waals surface area contributed by atoms with Gasteiger partial charge in [0.15, 0.2) is 0 Å². The molecule has 0 bridgehead atoms. The Bertz CT molecular complexity index is 393. The lowest BCUT2D eigenvalue weighted by atomic mass is 10.1. The fourth-order valence-electron chi connectivity index (χ4n) is 1.43. The van der Waals surface area contributed by atoms with Crippen molar-refractivity contribution in [3.63, 3.8) is 0 Å². The van der Waals surface area contributed by atoms with Crippen LogP contribution in [0.15, 0.2) is 60.7 Å². The molecule has 0 saturated heterocycles. The van der Waals surface area contributed by atoms with Gasteiger partial charge in [0.2, 0.25) is 0 Å². The minimum atomic E-state index is 1.03. The predicted molar refractivity (Wildman–Crippen MR) is 71.0 cm³/mol. The van der Waals surface area contributed by atoms with E-state index in [1.807, 2.05) is 0 Å². The molecule has 0 aliphatic heterocycles. The Morgan fingerprint density at radius 1 is 0.812 bits per heavy atom. The molecule has 2 heteroatoms. The van der Waals surface area contributed by atoms with Crippen molar-refractivity contribution >= 4 is 17.4 Å². The summed E-state index contributed by atoms with van der Waals surface area (Å²) in [5.74, 6) is 0. The van der Waals surface area contributed by atoms with E-state index in [4.69, 9.17) is 5.41 Å². The van der Waals surface area contributed by atoms with E-state index in [0.717, 1.165) is 6.42 Å². The minimum Gasteiger partial charge on any atom is -0.248 e. The minimum absolute atomic E-state index is 1.03.